The Bertz CT molecular complexity index is 758. The molecule has 1 N–H and O–H groups in total. The predicted octanol–water partition coefficient (Wildman–Crippen LogP) is 2.86. The van der Waals surface area contributed by atoms with Gasteiger partial charge in [0.1, 0.15) is 11.8 Å². The summed E-state index contributed by atoms with van der Waals surface area (Å²) in [6, 6.07) is 3.82. The van der Waals surface area contributed by atoms with Gasteiger partial charge < -0.3 is 10.1 Å². The van der Waals surface area contributed by atoms with E-state index in [4.69, 9.17) is 4.74 Å². The molecule has 1 aliphatic heterocycles. The molecule has 0 amide bonds. The van der Waals surface area contributed by atoms with Crippen molar-refractivity contribution in [3.63, 3.8) is 0 Å². The van der Waals surface area contributed by atoms with Crippen LogP contribution in [0.4, 0.5) is 0 Å². The quantitative estimate of drug-likeness (QED) is 0.846. The molecule has 0 bridgehead atoms. The average Bonchev–Trinajstić information content (AvgIpc) is 3.24. The molecule has 3 heterocycles. The molecule has 0 aromatic carbocycles. The van der Waals surface area contributed by atoms with E-state index in [9.17, 15) is 4.79 Å². The molecule has 6 nitrogen and oxygen atoms in total. The number of aryl methyl sites for hydroxylation is 1. The Morgan fingerprint density at radius 3 is 2.76 bits per heavy atom. The lowest BCUT2D eigenvalue weighted by Crippen LogP contribution is -2.29. The van der Waals surface area contributed by atoms with Crippen LogP contribution in [-0.4, -0.2) is 39.7 Å². The molecule has 1 saturated carbocycles. The van der Waals surface area contributed by atoms with Crippen molar-refractivity contribution in [3.05, 3.63) is 17.8 Å². The van der Waals surface area contributed by atoms with Crippen molar-refractivity contribution in [2.75, 3.05) is 13.1 Å². The number of fused-ring (bicyclic) bond motifs is 1. The molecule has 2 fully saturated rings. The van der Waals surface area contributed by atoms with Crippen molar-refractivity contribution < 1.29 is 9.53 Å². The Hall–Kier alpha value is -1.95. The average molecular weight is 342 g/mol. The molecule has 0 unspecified atom stereocenters. The SMILES string of the molecule is Cn1nc(C(=O)CC2CCNCC2)c2ccc(OC3CCCC3)nc21. The first-order valence-electron chi connectivity index (χ1n) is 9.45. The number of carbonyl (C=O) groups excluding carboxylic acids is 1. The lowest BCUT2D eigenvalue weighted by molar-refractivity contribution is 0.0948. The number of Topliss-reactive ketones (excluding diaryl/α,β-unsaturated/α-hetero) is 1. The Labute approximate surface area is 147 Å². The van der Waals surface area contributed by atoms with Gasteiger partial charge in [-0.2, -0.15) is 10.1 Å². The summed E-state index contributed by atoms with van der Waals surface area (Å²) in [6.45, 7) is 2.01. The fraction of sp³-hybridized carbons (Fsp3) is 0.632. The molecule has 2 aliphatic rings. The molecule has 134 valence electrons. The minimum Gasteiger partial charge on any atom is -0.474 e. The van der Waals surface area contributed by atoms with Gasteiger partial charge in [-0.3, -0.25) is 4.79 Å². The lowest BCUT2D eigenvalue weighted by Gasteiger charge is -2.21. The van der Waals surface area contributed by atoms with Gasteiger partial charge in [-0.15, -0.1) is 0 Å². The van der Waals surface area contributed by atoms with E-state index in [1.165, 1.54) is 12.8 Å². The molecule has 0 spiro atoms. The Kier molecular flexibility index (Phi) is 4.70. The fourth-order valence-electron chi connectivity index (χ4n) is 4.01. The van der Waals surface area contributed by atoms with Crippen LogP contribution >= 0.6 is 0 Å². The van der Waals surface area contributed by atoms with E-state index in [1.54, 1.807) is 4.68 Å². The van der Waals surface area contributed by atoms with E-state index in [0.717, 1.165) is 49.8 Å². The lowest BCUT2D eigenvalue weighted by atomic mass is 9.91. The van der Waals surface area contributed by atoms with Gasteiger partial charge in [0.05, 0.1) is 5.39 Å². The largest absolute Gasteiger partial charge is 0.474 e. The first-order chi connectivity index (χ1) is 12.2. The normalized spacial score (nSPS) is 19.6. The topological polar surface area (TPSA) is 69.0 Å². The first-order valence-corrected chi connectivity index (χ1v) is 9.45. The van der Waals surface area contributed by atoms with E-state index in [2.05, 4.69) is 15.4 Å². The zero-order valence-electron chi connectivity index (χ0n) is 14.8. The van der Waals surface area contributed by atoms with Gasteiger partial charge in [0.15, 0.2) is 11.4 Å². The fourth-order valence-corrected chi connectivity index (χ4v) is 4.01. The molecule has 4 rings (SSSR count). The summed E-state index contributed by atoms with van der Waals surface area (Å²) in [4.78, 5) is 17.4. The van der Waals surface area contributed by atoms with Gasteiger partial charge >= 0.3 is 0 Å². The minimum absolute atomic E-state index is 0.128. The Morgan fingerprint density at radius 1 is 1.24 bits per heavy atom. The number of hydrogen-bond acceptors (Lipinski definition) is 5. The summed E-state index contributed by atoms with van der Waals surface area (Å²) in [5, 5.41) is 8.64. The number of carbonyl (C=O) groups is 1. The maximum atomic E-state index is 12.7. The number of nitrogens with zero attached hydrogens (tertiary/aromatic N) is 3. The summed E-state index contributed by atoms with van der Waals surface area (Å²) in [7, 11) is 1.84. The van der Waals surface area contributed by atoms with Crippen molar-refractivity contribution in [3.8, 4) is 5.88 Å². The van der Waals surface area contributed by atoms with Crippen LogP contribution in [0.25, 0.3) is 11.0 Å². The third kappa shape index (κ3) is 3.54. The van der Waals surface area contributed by atoms with Crippen LogP contribution in [0.15, 0.2) is 12.1 Å². The van der Waals surface area contributed by atoms with Gasteiger partial charge in [0.25, 0.3) is 0 Å². The third-order valence-electron chi connectivity index (χ3n) is 5.45. The molecule has 6 heteroatoms. The zero-order chi connectivity index (χ0) is 17.2. The number of nitrogens with one attached hydrogen (secondary N) is 1. The third-order valence-corrected chi connectivity index (χ3v) is 5.45. The maximum absolute atomic E-state index is 12.7. The maximum Gasteiger partial charge on any atom is 0.215 e. The number of rotatable bonds is 5. The molecule has 25 heavy (non-hydrogen) atoms. The second kappa shape index (κ2) is 7.12. The van der Waals surface area contributed by atoms with Crippen molar-refractivity contribution >= 4 is 16.8 Å². The van der Waals surface area contributed by atoms with Crippen molar-refractivity contribution in [2.24, 2.45) is 13.0 Å². The molecule has 1 saturated heterocycles. The van der Waals surface area contributed by atoms with E-state index >= 15 is 0 Å². The van der Waals surface area contributed by atoms with Crippen LogP contribution in [0.1, 0.15) is 55.4 Å². The monoisotopic (exact) mass is 342 g/mol. The van der Waals surface area contributed by atoms with Crippen LogP contribution in [0.5, 0.6) is 5.88 Å². The van der Waals surface area contributed by atoms with Gasteiger partial charge in [-0.05, 0) is 63.6 Å². The molecule has 0 atom stereocenters. The van der Waals surface area contributed by atoms with Gasteiger partial charge in [0, 0.05) is 19.5 Å². The standard InChI is InChI=1S/C19H26N4O2/c1-23-19-15(6-7-17(21-19)25-14-4-2-3-5-14)18(22-23)16(24)12-13-8-10-20-11-9-13/h6-7,13-14,20H,2-5,8-12H2,1H3. The highest BCUT2D eigenvalue weighted by atomic mass is 16.5. The number of ether oxygens (including phenoxy) is 1. The highest BCUT2D eigenvalue weighted by Gasteiger charge is 2.23. The highest BCUT2D eigenvalue weighted by Crippen LogP contribution is 2.27. The van der Waals surface area contributed by atoms with E-state index in [0.29, 0.717) is 23.9 Å². The Balaban J connectivity index is 1.54. The summed E-state index contributed by atoms with van der Waals surface area (Å²) in [6.07, 6.45) is 7.65. The van der Waals surface area contributed by atoms with Gasteiger partial charge in [-0.1, -0.05) is 0 Å². The number of ketones is 1. The van der Waals surface area contributed by atoms with Crippen LogP contribution < -0.4 is 10.1 Å². The summed E-state index contributed by atoms with van der Waals surface area (Å²) in [5.74, 6) is 1.23. The summed E-state index contributed by atoms with van der Waals surface area (Å²) < 4.78 is 7.69. The summed E-state index contributed by atoms with van der Waals surface area (Å²) >= 11 is 0. The molecule has 2 aromatic heterocycles. The molecule has 0 radical (unpaired) electrons. The van der Waals surface area contributed by atoms with Crippen LogP contribution in [0.3, 0.4) is 0 Å². The number of piperidine rings is 1. The smallest absolute Gasteiger partial charge is 0.215 e. The van der Waals surface area contributed by atoms with Crippen LogP contribution in [0.2, 0.25) is 0 Å². The number of pyridine rings is 1. The van der Waals surface area contributed by atoms with E-state index in [-0.39, 0.29) is 11.9 Å². The van der Waals surface area contributed by atoms with E-state index < -0.39 is 0 Å². The molecule has 1 aliphatic carbocycles. The number of hydrogen-bond donors (Lipinski definition) is 1. The molecular weight excluding hydrogens is 316 g/mol. The second-order valence-electron chi connectivity index (χ2n) is 7.34. The van der Waals surface area contributed by atoms with Crippen LogP contribution in [0, 0.1) is 5.92 Å². The predicted molar refractivity (Wildman–Crippen MR) is 95.9 cm³/mol. The molecular formula is C19H26N4O2. The van der Waals surface area contributed by atoms with Crippen molar-refractivity contribution in [1.82, 2.24) is 20.1 Å². The van der Waals surface area contributed by atoms with Crippen LogP contribution in [-0.2, 0) is 7.05 Å². The number of aromatic nitrogens is 3. The van der Waals surface area contributed by atoms with Gasteiger partial charge in [0.2, 0.25) is 5.88 Å². The van der Waals surface area contributed by atoms with Crippen molar-refractivity contribution in [2.45, 2.75) is 51.0 Å². The second-order valence-corrected chi connectivity index (χ2v) is 7.34. The van der Waals surface area contributed by atoms with E-state index in [1.807, 2.05) is 19.2 Å². The zero-order valence-corrected chi connectivity index (χ0v) is 14.8. The van der Waals surface area contributed by atoms with Crippen molar-refractivity contribution in [1.29, 1.82) is 0 Å². The highest BCUT2D eigenvalue weighted by molar-refractivity contribution is 6.05. The minimum atomic E-state index is 0.128. The summed E-state index contributed by atoms with van der Waals surface area (Å²) in [5.41, 5.74) is 1.28. The van der Waals surface area contributed by atoms with Gasteiger partial charge in [-0.25, -0.2) is 4.68 Å². The Morgan fingerprint density at radius 2 is 2.00 bits per heavy atom. The first kappa shape index (κ1) is 16.5. The molecule has 2 aromatic rings.